The maximum atomic E-state index is 12.8. The van der Waals surface area contributed by atoms with Gasteiger partial charge in [-0.3, -0.25) is 0 Å². The Morgan fingerprint density at radius 2 is 1.79 bits per heavy atom. The van der Waals surface area contributed by atoms with Gasteiger partial charge >= 0.3 is 6.18 Å². The first kappa shape index (κ1) is 18.1. The largest absolute Gasteiger partial charge is 0.497 e. The van der Waals surface area contributed by atoms with Crippen LogP contribution in [0.1, 0.15) is 11.1 Å². The number of hydrogen-bond donors (Lipinski definition) is 1. The summed E-state index contributed by atoms with van der Waals surface area (Å²) in [7, 11) is 1.52. The second-order valence-electron chi connectivity index (χ2n) is 5.63. The number of anilines is 1. The van der Waals surface area contributed by atoms with Crippen molar-refractivity contribution in [2.75, 3.05) is 18.6 Å². The Kier molecular flexibility index (Phi) is 5.72. The molecule has 0 radical (unpaired) electrons. The number of aliphatic hydroxyl groups is 1. The molecule has 1 unspecified atom stereocenters. The molecule has 130 valence electrons. The molecule has 1 atom stereocenters. The molecular weight excluding hydrogens is 319 g/mol. The number of halogens is 3. The van der Waals surface area contributed by atoms with E-state index >= 15 is 0 Å². The quantitative estimate of drug-likeness (QED) is 0.865. The predicted molar refractivity (Wildman–Crippen MR) is 87.3 cm³/mol. The molecule has 0 spiro atoms. The third kappa shape index (κ3) is 4.89. The summed E-state index contributed by atoms with van der Waals surface area (Å²) in [5.41, 5.74) is 2.49. The van der Waals surface area contributed by atoms with E-state index in [1.807, 2.05) is 31.2 Å². The summed E-state index contributed by atoms with van der Waals surface area (Å²) in [6, 6.07) is 14.3. The zero-order valence-corrected chi connectivity index (χ0v) is 13.5. The molecule has 0 heterocycles. The highest BCUT2D eigenvalue weighted by atomic mass is 19.4. The van der Waals surface area contributed by atoms with E-state index < -0.39 is 18.8 Å². The topological polar surface area (TPSA) is 32.7 Å². The van der Waals surface area contributed by atoms with E-state index in [0.29, 0.717) is 11.4 Å². The molecule has 0 aliphatic heterocycles. The van der Waals surface area contributed by atoms with Gasteiger partial charge in [-0.1, -0.05) is 29.8 Å². The SMILES string of the molecule is COc1ccc(N(Cc2cccc(C)c2)CC(O)C(F)(F)F)cc1. The van der Waals surface area contributed by atoms with Gasteiger partial charge in [0, 0.05) is 12.2 Å². The van der Waals surface area contributed by atoms with Crippen LogP contribution in [0.3, 0.4) is 0 Å². The monoisotopic (exact) mass is 339 g/mol. The fourth-order valence-electron chi connectivity index (χ4n) is 2.40. The van der Waals surface area contributed by atoms with Crippen LogP contribution < -0.4 is 9.64 Å². The molecule has 0 amide bonds. The van der Waals surface area contributed by atoms with Gasteiger partial charge in [0.25, 0.3) is 0 Å². The lowest BCUT2D eigenvalue weighted by molar-refractivity contribution is -0.200. The van der Waals surface area contributed by atoms with Crippen LogP contribution in [0, 0.1) is 6.92 Å². The highest BCUT2D eigenvalue weighted by Crippen LogP contribution is 2.26. The number of ether oxygens (including phenoxy) is 1. The van der Waals surface area contributed by atoms with Crippen molar-refractivity contribution >= 4 is 5.69 Å². The number of hydrogen-bond acceptors (Lipinski definition) is 3. The van der Waals surface area contributed by atoms with Gasteiger partial charge in [-0.2, -0.15) is 13.2 Å². The van der Waals surface area contributed by atoms with Gasteiger partial charge in [0.05, 0.1) is 13.7 Å². The molecule has 0 saturated heterocycles. The van der Waals surface area contributed by atoms with Crippen LogP contribution in [-0.4, -0.2) is 31.0 Å². The summed E-state index contributed by atoms with van der Waals surface area (Å²) < 4.78 is 43.3. The van der Waals surface area contributed by atoms with Crippen molar-refractivity contribution in [2.45, 2.75) is 25.7 Å². The van der Waals surface area contributed by atoms with Gasteiger partial charge in [0.15, 0.2) is 6.10 Å². The van der Waals surface area contributed by atoms with E-state index in [9.17, 15) is 18.3 Å². The highest BCUT2D eigenvalue weighted by Gasteiger charge is 2.39. The average Bonchev–Trinajstić information content (AvgIpc) is 2.53. The number of nitrogens with zero attached hydrogens (tertiary/aromatic N) is 1. The molecular formula is C18H20F3NO2. The molecule has 2 rings (SSSR count). The lowest BCUT2D eigenvalue weighted by Gasteiger charge is -2.28. The first-order chi connectivity index (χ1) is 11.3. The highest BCUT2D eigenvalue weighted by molar-refractivity contribution is 5.50. The fraction of sp³-hybridized carbons (Fsp3) is 0.333. The molecule has 0 fully saturated rings. The van der Waals surface area contributed by atoms with Gasteiger partial charge in [0.2, 0.25) is 0 Å². The number of alkyl halides is 3. The van der Waals surface area contributed by atoms with Crippen molar-refractivity contribution in [2.24, 2.45) is 0 Å². The van der Waals surface area contributed by atoms with Crippen LogP contribution >= 0.6 is 0 Å². The standard InChI is InChI=1S/C18H20F3NO2/c1-13-4-3-5-14(10-13)11-22(12-17(23)18(19,20)21)15-6-8-16(24-2)9-7-15/h3-10,17,23H,11-12H2,1-2H3. The molecule has 1 N–H and O–H groups in total. The number of benzene rings is 2. The average molecular weight is 339 g/mol. The minimum Gasteiger partial charge on any atom is -0.497 e. The second kappa shape index (κ2) is 7.57. The number of methoxy groups -OCH3 is 1. The van der Waals surface area contributed by atoms with E-state index in [-0.39, 0.29) is 6.54 Å². The van der Waals surface area contributed by atoms with E-state index in [4.69, 9.17) is 4.74 Å². The van der Waals surface area contributed by atoms with Crippen LogP contribution in [0.25, 0.3) is 0 Å². The first-order valence-electron chi connectivity index (χ1n) is 7.49. The molecule has 2 aromatic rings. The maximum absolute atomic E-state index is 12.8. The smallest absolute Gasteiger partial charge is 0.416 e. The van der Waals surface area contributed by atoms with Gasteiger partial charge in [-0.25, -0.2) is 0 Å². The van der Waals surface area contributed by atoms with Crippen LogP contribution in [0.15, 0.2) is 48.5 Å². The molecule has 0 aromatic heterocycles. The summed E-state index contributed by atoms with van der Waals surface area (Å²) in [6.07, 6.45) is -7.07. The Balaban J connectivity index is 2.26. The lowest BCUT2D eigenvalue weighted by Crippen LogP contribution is -2.40. The zero-order chi connectivity index (χ0) is 17.7. The Hall–Kier alpha value is -2.21. The van der Waals surface area contributed by atoms with Crippen LogP contribution in [0.2, 0.25) is 0 Å². The van der Waals surface area contributed by atoms with Crippen molar-refractivity contribution in [1.29, 1.82) is 0 Å². The molecule has 0 aliphatic carbocycles. The summed E-state index contributed by atoms with van der Waals surface area (Å²) in [5.74, 6) is 0.616. The second-order valence-corrected chi connectivity index (χ2v) is 5.63. The van der Waals surface area contributed by atoms with Crippen molar-refractivity contribution < 1.29 is 23.0 Å². The Bertz CT molecular complexity index is 656. The minimum absolute atomic E-state index is 0.265. The number of rotatable bonds is 6. The summed E-state index contributed by atoms with van der Waals surface area (Å²) in [6.45, 7) is 1.65. The predicted octanol–water partition coefficient (Wildman–Crippen LogP) is 3.93. The van der Waals surface area contributed by atoms with E-state index in [1.54, 1.807) is 24.3 Å². The van der Waals surface area contributed by atoms with Gasteiger partial charge in [0.1, 0.15) is 5.75 Å². The molecule has 0 bridgehead atoms. The van der Waals surface area contributed by atoms with Crippen LogP contribution in [0.4, 0.5) is 18.9 Å². The molecule has 24 heavy (non-hydrogen) atoms. The summed E-state index contributed by atoms with van der Waals surface area (Å²) in [4.78, 5) is 1.51. The first-order valence-corrected chi connectivity index (χ1v) is 7.49. The maximum Gasteiger partial charge on any atom is 0.416 e. The number of aryl methyl sites for hydroxylation is 1. The molecule has 0 aliphatic rings. The molecule has 6 heteroatoms. The van der Waals surface area contributed by atoms with Gasteiger partial charge in [-0.15, -0.1) is 0 Å². The summed E-state index contributed by atoms with van der Waals surface area (Å²) >= 11 is 0. The normalized spacial score (nSPS) is 12.8. The van der Waals surface area contributed by atoms with Crippen molar-refractivity contribution in [3.05, 3.63) is 59.7 Å². The fourth-order valence-corrected chi connectivity index (χ4v) is 2.40. The van der Waals surface area contributed by atoms with Crippen LogP contribution in [0.5, 0.6) is 5.75 Å². The van der Waals surface area contributed by atoms with E-state index in [0.717, 1.165) is 11.1 Å². The third-order valence-electron chi connectivity index (χ3n) is 3.66. The minimum atomic E-state index is -4.66. The Labute approximate surface area is 139 Å². The third-order valence-corrected chi connectivity index (χ3v) is 3.66. The van der Waals surface area contributed by atoms with Crippen molar-refractivity contribution in [3.8, 4) is 5.75 Å². The summed E-state index contributed by atoms with van der Waals surface area (Å²) in [5, 5.41) is 9.46. The van der Waals surface area contributed by atoms with E-state index in [2.05, 4.69) is 0 Å². The molecule has 3 nitrogen and oxygen atoms in total. The zero-order valence-electron chi connectivity index (χ0n) is 13.5. The van der Waals surface area contributed by atoms with Gasteiger partial charge in [-0.05, 0) is 36.8 Å². The molecule has 0 saturated carbocycles. The van der Waals surface area contributed by atoms with Crippen LogP contribution in [-0.2, 0) is 6.54 Å². The Morgan fingerprint density at radius 3 is 2.33 bits per heavy atom. The van der Waals surface area contributed by atoms with Crippen molar-refractivity contribution in [1.82, 2.24) is 0 Å². The van der Waals surface area contributed by atoms with E-state index in [1.165, 1.54) is 12.0 Å². The Morgan fingerprint density at radius 1 is 1.12 bits per heavy atom. The molecule has 2 aromatic carbocycles. The number of aliphatic hydroxyl groups excluding tert-OH is 1. The van der Waals surface area contributed by atoms with Crippen molar-refractivity contribution in [3.63, 3.8) is 0 Å². The van der Waals surface area contributed by atoms with Gasteiger partial charge < -0.3 is 14.7 Å². The lowest BCUT2D eigenvalue weighted by atomic mass is 10.1.